The van der Waals surface area contributed by atoms with Crippen LogP contribution in [-0.4, -0.2) is 40.4 Å². The largest absolute Gasteiger partial charge is 0.494 e. The van der Waals surface area contributed by atoms with Gasteiger partial charge in [-0.1, -0.05) is 20.3 Å². The Hall–Kier alpha value is -1.67. The summed E-state index contributed by atoms with van der Waals surface area (Å²) in [4.78, 5) is 12.4. The third-order valence-corrected chi connectivity index (χ3v) is 5.10. The highest BCUT2D eigenvalue weighted by molar-refractivity contribution is 7.93. The Labute approximate surface area is 142 Å². The van der Waals surface area contributed by atoms with Crippen LogP contribution in [0, 0.1) is 5.82 Å². The molecule has 0 N–H and O–H groups in total. The first kappa shape index (κ1) is 20.4. The molecular formula is C16H24FNO5S. The zero-order valence-electron chi connectivity index (χ0n) is 14.2. The molecule has 1 aromatic rings. The van der Waals surface area contributed by atoms with E-state index in [2.05, 4.69) is 0 Å². The average Bonchev–Trinajstić information content (AvgIpc) is 2.51. The maximum absolute atomic E-state index is 13.9. The molecule has 8 heteroatoms. The van der Waals surface area contributed by atoms with Crippen molar-refractivity contribution in [1.29, 1.82) is 0 Å². The van der Waals surface area contributed by atoms with E-state index in [1.807, 2.05) is 6.92 Å². The Kier molecular flexibility index (Phi) is 8.14. The third kappa shape index (κ3) is 5.45. The summed E-state index contributed by atoms with van der Waals surface area (Å²) in [6.07, 6.45) is 2.00. The molecule has 0 aliphatic rings. The van der Waals surface area contributed by atoms with Gasteiger partial charge in [0.2, 0.25) is 10.0 Å². The molecule has 0 saturated heterocycles. The van der Waals surface area contributed by atoms with Crippen molar-refractivity contribution < 1.29 is 27.1 Å². The van der Waals surface area contributed by atoms with E-state index in [1.165, 1.54) is 19.2 Å². The molecule has 0 aromatic heterocycles. The number of nitrogens with zero attached hydrogens (tertiary/aromatic N) is 1. The summed E-state index contributed by atoms with van der Waals surface area (Å²) in [5.41, 5.74) is -0.0640. The number of rotatable bonds is 10. The van der Waals surface area contributed by atoms with Gasteiger partial charge in [-0.05, 0) is 25.0 Å². The molecule has 6 nitrogen and oxygen atoms in total. The van der Waals surface area contributed by atoms with E-state index in [0.717, 1.165) is 18.9 Å². The third-order valence-electron chi connectivity index (χ3n) is 3.20. The summed E-state index contributed by atoms with van der Waals surface area (Å²) in [6, 6.07) is 3.58. The van der Waals surface area contributed by atoms with Crippen LogP contribution < -0.4 is 9.04 Å². The Morgan fingerprint density at radius 3 is 2.50 bits per heavy atom. The number of benzene rings is 1. The van der Waals surface area contributed by atoms with Crippen molar-refractivity contribution in [3.05, 3.63) is 24.0 Å². The maximum atomic E-state index is 13.9. The topological polar surface area (TPSA) is 72.9 Å². The highest BCUT2D eigenvalue weighted by Gasteiger charge is 2.29. The number of amides is 1. The SMILES string of the molecule is CCCCOCC(=O)N(c1ccc(OC)c(F)c1)S(=O)(=O)CCC. The van der Waals surface area contributed by atoms with Crippen LogP contribution in [0.15, 0.2) is 18.2 Å². The monoisotopic (exact) mass is 361 g/mol. The fraction of sp³-hybridized carbons (Fsp3) is 0.562. The van der Waals surface area contributed by atoms with E-state index in [1.54, 1.807) is 6.92 Å². The summed E-state index contributed by atoms with van der Waals surface area (Å²) >= 11 is 0. The fourth-order valence-electron chi connectivity index (χ4n) is 2.06. The van der Waals surface area contributed by atoms with E-state index in [4.69, 9.17) is 9.47 Å². The summed E-state index contributed by atoms with van der Waals surface area (Å²) in [6.45, 7) is 3.65. The zero-order chi connectivity index (χ0) is 18.2. The van der Waals surface area contributed by atoms with Crippen molar-refractivity contribution >= 4 is 21.6 Å². The van der Waals surface area contributed by atoms with Gasteiger partial charge >= 0.3 is 0 Å². The van der Waals surface area contributed by atoms with Gasteiger partial charge in [0.25, 0.3) is 5.91 Å². The normalized spacial score (nSPS) is 11.3. The Morgan fingerprint density at radius 1 is 1.25 bits per heavy atom. The molecule has 136 valence electrons. The zero-order valence-corrected chi connectivity index (χ0v) is 15.1. The van der Waals surface area contributed by atoms with Crippen molar-refractivity contribution in [3.8, 4) is 5.75 Å². The van der Waals surface area contributed by atoms with Gasteiger partial charge in [-0.25, -0.2) is 17.1 Å². The van der Waals surface area contributed by atoms with Crippen LogP contribution in [0.1, 0.15) is 33.1 Å². The molecule has 1 amide bonds. The van der Waals surface area contributed by atoms with Crippen LogP contribution in [0.4, 0.5) is 10.1 Å². The van der Waals surface area contributed by atoms with Gasteiger partial charge in [0.15, 0.2) is 11.6 Å². The number of carbonyl (C=O) groups excluding carboxylic acids is 1. The number of unbranched alkanes of at least 4 members (excludes halogenated alkanes) is 1. The van der Waals surface area contributed by atoms with E-state index < -0.39 is 21.7 Å². The number of halogens is 1. The van der Waals surface area contributed by atoms with Crippen LogP contribution in [0.3, 0.4) is 0 Å². The van der Waals surface area contributed by atoms with Crippen LogP contribution in [0.25, 0.3) is 0 Å². The standard InChI is InChI=1S/C16H24FNO5S/c1-4-6-9-23-12-16(19)18(24(20,21)10-5-2)13-7-8-15(22-3)14(17)11-13/h7-8,11H,4-6,9-10,12H2,1-3H3. The van der Waals surface area contributed by atoms with Gasteiger partial charge in [-0.15, -0.1) is 0 Å². The first-order valence-corrected chi connectivity index (χ1v) is 9.45. The van der Waals surface area contributed by atoms with E-state index in [9.17, 15) is 17.6 Å². The van der Waals surface area contributed by atoms with Gasteiger partial charge in [0.05, 0.1) is 18.6 Å². The lowest BCUT2D eigenvalue weighted by Gasteiger charge is -2.22. The lowest BCUT2D eigenvalue weighted by atomic mass is 10.3. The molecule has 0 aliphatic heterocycles. The van der Waals surface area contributed by atoms with Gasteiger partial charge < -0.3 is 9.47 Å². The predicted octanol–water partition coefficient (Wildman–Crippen LogP) is 2.72. The van der Waals surface area contributed by atoms with Crippen molar-refractivity contribution in [3.63, 3.8) is 0 Å². The van der Waals surface area contributed by atoms with Crippen molar-refractivity contribution in [2.24, 2.45) is 0 Å². The molecule has 0 spiro atoms. The molecule has 0 radical (unpaired) electrons. The molecule has 0 atom stereocenters. The number of anilines is 1. The second-order valence-corrected chi connectivity index (χ2v) is 7.14. The molecule has 1 aromatic carbocycles. The summed E-state index contributed by atoms with van der Waals surface area (Å²) < 4.78 is 49.4. The minimum Gasteiger partial charge on any atom is -0.494 e. The molecule has 0 fully saturated rings. The molecule has 0 heterocycles. The van der Waals surface area contributed by atoms with Gasteiger partial charge in [-0.3, -0.25) is 4.79 Å². The summed E-state index contributed by atoms with van der Waals surface area (Å²) in [7, 11) is -2.61. The number of carbonyl (C=O) groups is 1. The molecule has 0 saturated carbocycles. The van der Waals surface area contributed by atoms with Crippen LogP contribution in [0.2, 0.25) is 0 Å². The summed E-state index contributed by atoms with van der Waals surface area (Å²) in [5, 5.41) is 0. The fourth-order valence-corrected chi connectivity index (χ4v) is 3.55. The minimum absolute atomic E-state index is 0.0294. The predicted molar refractivity (Wildman–Crippen MR) is 90.2 cm³/mol. The Balaban J connectivity index is 3.10. The lowest BCUT2D eigenvalue weighted by molar-refractivity contribution is -0.121. The molecular weight excluding hydrogens is 337 g/mol. The summed E-state index contributed by atoms with van der Waals surface area (Å²) in [5.74, 6) is -1.74. The van der Waals surface area contributed by atoms with E-state index in [0.29, 0.717) is 17.3 Å². The quantitative estimate of drug-likeness (QED) is 0.599. The Bertz CT molecular complexity index is 648. The van der Waals surface area contributed by atoms with Crippen LogP contribution in [0.5, 0.6) is 5.75 Å². The average molecular weight is 361 g/mol. The molecule has 0 bridgehead atoms. The second-order valence-electron chi connectivity index (χ2n) is 5.20. The number of methoxy groups -OCH3 is 1. The van der Waals surface area contributed by atoms with Crippen LogP contribution in [-0.2, 0) is 19.6 Å². The Morgan fingerprint density at radius 2 is 1.96 bits per heavy atom. The molecule has 0 aliphatic carbocycles. The van der Waals surface area contributed by atoms with E-state index >= 15 is 0 Å². The first-order chi connectivity index (χ1) is 11.4. The van der Waals surface area contributed by atoms with Gasteiger partial charge in [0, 0.05) is 12.7 Å². The second kappa shape index (κ2) is 9.58. The highest BCUT2D eigenvalue weighted by atomic mass is 32.2. The number of ether oxygens (including phenoxy) is 2. The maximum Gasteiger partial charge on any atom is 0.266 e. The molecule has 0 unspecified atom stereocenters. The number of hydrogen-bond acceptors (Lipinski definition) is 5. The van der Waals surface area contributed by atoms with Gasteiger partial charge in [0.1, 0.15) is 6.61 Å². The van der Waals surface area contributed by atoms with Crippen molar-refractivity contribution in [2.75, 3.05) is 30.4 Å². The number of sulfonamides is 1. The van der Waals surface area contributed by atoms with E-state index in [-0.39, 0.29) is 23.8 Å². The highest BCUT2D eigenvalue weighted by Crippen LogP contribution is 2.26. The smallest absolute Gasteiger partial charge is 0.266 e. The minimum atomic E-state index is -3.91. The van der Waals surface area contributed by atoms with Crippen molar-refractivity contribution in [1.82, 2.24) is 0 Å². The first-order valence-electron chi connectivity index (χ1n) is 7.84. The molecule has 24 heavy (non-hydrogen) atoms. The lowest BCUT2D eigenvalue weighted by Crippen LogP contribution is -2.40. The van der Waals surface area contributed by atoms with Crippen LogP contribution >= 0.6 is 0 Å². The number of hydrogen-bond donors (Lipinski definition) is 0. The van der Waals surface area contributed by atoms with Gasteiger partial charge in [-0.2, -0.15) is 0 Å². The molecule has 1 rings (SSSR count). The van der Waals surface area contributed by atoms with Crippen molar-refractivity contribution in [2.45, 2.75) is 33.1 Å².